The predicted molar refractivity (Wildman–Crippen MR) is 131 cm³/mol. The third-order valence-electron chi connectivity index (χ3n) is 7.90. The number of carbonyl (C=O) groups is 1. The van der Waals surface area contributed by atoms with E-state index >= 15 is 0 Å². The van der Waals surface area contributed by atoms with Gasteiger partial charge in [0.25, 0.3) is 5.91 Å². The van der Waals surface area contributed by atoms with Crippen molar-refractivity contribution in [2.24, 2.45) is 17.6 Å². The number of aliphatic hydroxyl groups is 2. The number of nitrogens with zero attached hydrogens (tertiary/aromatic N) is 2. The molecule has 4 bridgehead atoms. The Morgan fingerprint density at radius 3 is 2.71 bits per heavy atom. The molecule has 2 unspecified atom stereocenters. The molecule has 4 fully saturated rings. The third-order valence-corrected chi connectivity index (χ3v) is 7.90. The van der Waals surface area contributed by atoms with Crippen molar-refractivity contribution < 1.29 is 19.7 Å². The molecule has 1 aromatic carbocycles. The summed E-state index contributed by atoms with van der Waals surface area (Å²) < 4.78 is 5.72. The highest BCUT2D eigenvalue weighted by atomic mass is 16.5. The number of nitrogens with two attached hydrogens (primary N) is 1. The Balaban J connectivity index is 1.26. The molecule has 35 heavy (non-hydrogen) atoms. The first-order valence-electron chi connectivity index (χ1n) is 12.3. The highest BCUT2D eigenvalue weighted by Gasteiger charge is 2.57. The van der Waals surface area contributed by atoms with Crippen LogP contribution in [-0.4, -0.2) is 56.0 Å². The van der Waals surface area contributed by atoms with Gasteiger partial charge in [-0.15, -0.1) is 0 Å². The van der Waals surface area contributed by atoms with Crippen LogP contribution in [0, 0.1) is 11.8 Å². The van der Waals surface area contributed by atoms with E-state index < -0.39 is 17.1 Å². The first kappa shape index (κ1) is 22.4. The van der Waals surface area contributed by atoms with Crippen LogP contribution in [0.15, 0.2) is 24.4 Å². The van der Waals surface area contributed by atoms with E-state index in [0.29, 0.717) is 42.3 Å². The number of nitrogens with one attached hydrogen (secondary N) is 3. The number of carbonyl (C=O) groups excluding carboxylic acids is 1. The van der Waals surface area contributed by atoms with Crippen LogP contribution < -0.4 is 26.4 Å². The summed E-state index contributed by atoms with van der Waals surface area (Å²) >= 11 is 0. The summed E-state index contributed by atoms with van der Waals surface area (Å²) in [6.07, 6.45) is 6.88. The minimum Gasteiger partial charge on any atom is -0.488 e. The summed E-state index contributed by atoms with van der Waals surface area (Å²) in [5.74, 6) is 1.75. The van der Waals surface area contributed by atoms with Gasteiger partial charge in [-0.1, -0.05) is 0 Å². The highest BCUT2D eigenvalue weighted by Crippen LogP contribution is 2.58. The largest absolute Gasteiger partial charge is 0.488 e. The summed E-state index contributed by atoms with van der Waals surface area (Å²) in [4.78, 5) is 21.1. The minimum absolute atomic E-state index is 0.199. The second-order valence-electron chi connectivity index (χ2n) is 11.4. The molecule has 1 aliphatic heterocycles. The molecular weight excluding hydrogens is 448 g/mol. The van der Waals surface area contributed by atoms with Crippen molar-refractivity contribution in [3.63, 3.8) is 0 Å². The smallest absolute Gasteiger partial charge is 0.254 e. The molecular formula is C25H32N6O4. The first-order chi connectivity index (χ1) is 16.6. The van der Waals surface area contributed by atoms with Crippen molar-refractivity contribution in [2.45, 2.75) is 62.2 Å². The SMILES string of the molecule is C[C@@]1(O)CNc2cc(Nc3ncc(C(N)=O)c(NC45CC6CC(CC(O)(C6)C4)C5)n3)ccc2OC1. The highest BCUT2D eigenvalue weighted by molar-refractivity contribution is 5.97. The van der Waals surface area contributed by atoms with Crippen LogP contribution in [0.1, 0.15) is 55.8 Å². The summed E-state index contributed by atoms with van der Waals surface area (Å²) in [7, 11) is 0. The van der Waals surface area contributed by atoms with Crippen molar-refractivity contribution in [1.82, 2.24) is 9.97 Å². The number of aromatic nitrogens is 2. The number of hydrogen-bond donors (Lipinski definition) is 6. The van der Waals surface area contributed by atoms with E-state index in [1.165, 1.54) is 6.20 Å². The van der Waals surface area contributed by atoms with Crippen LogP contribution in [0.5, 0.6) is 5.75 Å². The number of benzene rings is 1. The van der Waals surface area contributed by atoms with E-state index in [-0.39, 0.29) is 17.7 Å². The molecule has 3 atom stereocenters. The number of β-amino-alcohol motifs (C(OH)–C–C–N with tert-alkyl or cyclic N) is 1. The van der Waals surface area contributed by atoms with Crippen molar-refractivity contribution in [2.75, 3.05) is 29.1 Å². The molecule has 4 saturated carbocycles. The first-order valence-corrected chi connectivity index (χ1v) is 12.3. The van der Waals surface area contributed by atoms with E-state index in [9.17, 15) is 15.0 Å². The predicted octanol–water partition coefficient (Wildman–Crippen LogP) is 2.37. The lowest BCUT2D eigenvalue weighted by atomic mass is 9.51. The Morgan fingerprint density at radius 2 is 2.00 bits per heavy atom. The van der Waals surface area contributed by atoms with Crippen molar-refractivity contribution >= 4 is 29.0 Å². The zero-order valence-corrected chi connectivity index (χ0v) is 19.8. The normalized spacial score (nSPS) is 34.8. The van der Waals surface area contributed by atoms with Gasteiger partial charge in [-0.2, -0.15) is 4.98 Å². The number of fused-ring (bicyclic) bond motifs is 1. The number of amides is 1. The van der Waals surface area contributed by atoms with Gasteiger partial charge in [0.1, 0.15) is 23.8 Å². The molecule has 4 aliphatic carbocycles. The molecule has 10 nitrogen and oxygen atoms in total. The molecule has 7 N–H and O–H groups in total. The fourth-order valence-electron chi connectivity index (χ4n) is 6.90. The number of rotatable bonds is 5. The van der Waals surface area contributed by atoms with E-state index in [1.807, 2.05) is 18.2 Å². The van der Waals surface area contributed by atoms with E-state index in [2.05, 4.69) is 25.9 Å². The average molecular weight is 481 g/mol. The fourth-order valence-corrected chi connectivity index (χ4v) is 6.90. The summed E-state index contributed by atoms with van der Waals surface area (Å²) in [6, 6.07) is 5.52. The van der Waals surface area contributed by atoms with Crippen LogP contribution in [0.2, 0.25) is 0 Å². The number of anilines is 4. The minimum atomic E-state index is -0.967. The van der Waals surface area contributed by atoms with Crippen LogP contribution in [-0.2, 0) is 0 Å². The van der Waals surface area contributed by atoms with Gasteiger partial charge in [-0.3, -0.25) is 4.79 Å². The van der Waals surface area contributed by atoms with Crippen molar-refractivity contribution in [3.05, 3.63) is 30.0 Å². The van der Waals surface area contributed by atoms with Crippen molar-refractivity contribution in [1.29, 1.82) is 0 Å². The maximum absolute atomic E-state index is 12.2. The second kappa shape index (κ2) is 7.69. The standard InChI is InChI=1S/C25H32N6O4/c1-23(33)12-28-18-5-16(2-3-19(18)35-13-23)29-22-27-10-17(20(26)32)21(30-22)31-24-6-14-4-15(7-24)9-25(34,8-14)11-24/h2-3,5,10,14-15,28,33-34H,4,6-9,11-13H2,1H3,(H2,26,32)(H2,27,29,30,31)/t14?,15?,23-,24?,25?/m1/s1. The molecule has 1 amide bonds. The molecule has 7 rings (SSSR count). The Kier molecular flexibility index (Phi) is 4.92. The number of ether oxygens (including phenoxy) is 1. The van der Waals surface area contributed by atoms with Gasteiger partial charge in [0.2, 0.25) is 5.95 Å². The van der Waals surface area contributed by atoms with E-state index in [1.54, 1.807) is 6.92 Å². The third kappa shape index (κ3) is 4.25. The van der Waals surface area contributed by atoms with Gasteiger partial charge in [-0.05, 0) is 75.5 Å². The van der Waals surface area contributed by atoms with E-state index in [4.69, 9.17) is 10.5 Å². The zero-order chi connectivity index (χ0) is 24.4. The van der Waals surface area contributed by atoms with Crippen LogP contribution in [0.3, 0.4) is 0 Å². The quantitative estimate of drug-likeness (QED) is 0.378. The number of primary amides is 1. The maximum Gasteiger partial charge on any atom is 0.254 e. The van der Waals surface area contributed by atoms with Crippen molar-refractivity contribution in [3.8, 4) is 5.75 Å². The molecule has 5 aliphatic rings. The van der Waals surface area contributed by atoms with Gasteiger partial charge < -0.3 is 36.6 Å². The molecule has 2 heterocycles. The summed E-state index contributed by atoms with van der Waals surface area (Å²) in [5.41, 5.74) is 5.46. The summed E-state index contributed by atoms with van der Waals surface area (Å²) in [6.45, 7) is 2.28. The molecule has 2 aromatic rings. The Bertz CT molecular complexity index is 1170. The molecule has 0 saturated heterocycles. The number of hydrogen-bond acceptors (Lipinski definition) is 9. The van der Waals surface area contributed by atoms with Gasteiger partial charge in [0, 0.05) is 24.0 Å². The summed E-state index contributed by atoms with van der Waals surface area (Å²) in [5, 5.41) is 31.3. The fraction of sp³-hybridized carbons (Fsp3) is 0.560. The Hall–Kier alpha value is -3.11. The molecule has 10 heteroatoms. The van der Waals surface area contributed by atoms with E-state index in [0.717, 1.165) is 43.5 Å². The van der Waals surface area contributed by atoms with Gasteiger partial charge in [0.05, 0.1) is 16.9 Å². The van der Waals surface area contributed by atoms with Crippen LogP contribution in [0.25, 0.3) is 0 Å². The van der Waals surface area contributed by atoms with Crippen LogP contribution in [0.4, 0.5) is 23.1 Å². The maximum atomic E-state index is 12.2. The second-order valence-corrected chi connectivity index (χ2v) is 11.4. The monoisotopic (exact) mass is 480 g/mol. The Labute approximate surface area is 203 Å². The lowest BCUT2D eigenvalue weighted by Crippen LogP contribution is -2.62. The van der Waals surface area contributed by atoms with Gasteiger partial charge in [-0.25, -0.2) is 4.98 Å². The van der Waals surface area contributed by atoms with Gasteiger partial charge in [0.15, 0.2) is 0 Å². The average Bonchev–Trinajstić information content (AvgIpc) is 2.90. The Morgan fingerprint density at radius 1 is 1.23 bits per heavy atom. The van der Waals surface area contributed by atoms with Crippen LogP contribution >= 0.6 is 0 Å². The zero-order valence-electron chi connectivity index (χ0n) is 19.8. The lowest BCUT2D eigenvalue weighted by Gasteiger charge is -2.60. The topological polar surface area (TPSA) is 155 Å². The lowest BCUT2D eigenvalue weighted by molar-refractivity contribution is -0.127. The molecule has 0 radical (unpaired) electrons. The van der Waals surface area contributed by atoms with Gasteiger partial charge >= 0.3 is 0 Å². The molecule has 0 spiro atoms. The molecule has 1 aromatic heterocycles. The molecule has 186 valence electrons.